The number of nitrogen functional groups attached to an aromatic ring is 1. The number of likely N-dealkylation sites (tertiary alicyclic amines) is 1. The number of hydrazone groups is 1. The second kappa shape index (κ2) is 43.1. The van der Waals surface area contributed by atoms with E-state index in [9.17, 15) is 102 Å². The summed E-state index contributed by atoms with van der Waals surface area (Å²) in [5.41, 5.74) is 24.9. The zero-order chi connectivity index (χ0) is 86.1. The molecule has 0 spiro atoms. The highest BCUT2D eigenvalue weighted by Crippen LogP contribution is 2.55. The number of anilines is 2. The lowest BCUT2D eigenvalue weighted by molar-refractivity contribution is -0.143. The number of aliphatic carboxylic acids is 4. The Morgan fingerprint density at radius 2 is 1.39 bits per heavy atom. The molecule has 2 aromatic heterocycles. The van der Waals surface area contributed by atoms with Crippen LogP contribution in [0.3, 0.4) is 0 Å². The summed E-state index contributed by atoms with van der Waals surface area (Å²) in [4.78, 5) is 233. The highest BCUT2D eigenvalue weighted by atomic mass is 33.1. The predicted molar refractivity (Wildman–Crippen MR) is 420 cm³/mol. The van der Waals surface area contributed by atoms with E-state index in [0.717, 1.165) is 16.7 Å². The molecule has 3 saturated heterocycles. The van der Waals surface area contributed by atoms with Gasteiger partial charge in [0, 0.05) is 123 Å². The number of aliphatic imine (C=N–C) groups is 1. The first-order valence-corrected chi connectivity index (χ1v) is 40.1. The Labute approximate surface area is 678 Å². The highest BCUT2D eigenvalue weighted by molar-refractivity contribution is 8.76. The van der Waals surface area contributed by atoms with E-state index in [4.69, 9.17) is 32.4 Å². The molecule has 1 unspecified atom stereocenters. The summed E-state index contributed by atoms with van der Waals surface area (Å²) in [5.74, 6) is -13.6. The maximum atomic E-state index is 13.9. The van der Waals surface area contributed by atoms with Gasteiger partial charge in [-0.2, -0.15) is 21.8 Å². The van der Waals surface area contributed by atoms with Crippen molar-refractivity contribution in [3.8, 4) is 0 Å². The van der Waals surface area contributed by atoms with E-state index < -0.39 is 139 Å². The van der Waals surface area contributed by atoms with E-state index in [2.05, 4.69) is 83.3 Å². The number of hydrogen-bond donors (Lipinski definition) is 19. The number of methoxy groups -OCH3 is 1. The molecule has 1 aliphatic carbocycles. The number of benzene rings is 1. The minimum atomic E-state index is -1.87. The number of imide groups is 1. The number of aromatic amines is 1. The average molecular weight is 1690 g/mol. The van der Waals surface area contributed by atoms with Crippen LogP contribution in [-0.4, -0.2) is 275 Å². The fraction of sp³-hybridized carbons (Fsp3) is 0.507. The third kappa shape index (κ3) is 25.7. The third-order valence-electron chi connectivity index (χ3n) is 18.6. The summed E-state index contributed by atoms with van der Waals surface area (Å²) < 4.78 is 11.1. The molecule has 0 saturated carbocycles. The number of nitrogens with two attached hydrogens (primary N) is 4. The number of primary amides is 1. The van der Waals surface area contributed by atoms with E-state index in [1.54, 1.807) is 48.6 Å². The van der Waals surface area contributed by atoms with Crippen LogP contribution in [0.5, 0.6) is 0 Å². The lowest BCUT2D eigenvalue weighted by Gasteiger charge is -2.39. The van der Waals surface area contributed by atoms with Crippen LogP contribution in [0.4, 0.5) is 16.4 Å². The van der Waals surface area contributed by atoms with Crippen molar-refractivity contribution >= 4 is 163 Å². The number of allylic oxidation sites excluding steroid dienone is 2. The third-order valence-corrected chi connectivity index (χ3v) is 21.6. The van der Waals surface area contributed by atoms with Crippen LogP contribution in [0.25, 0.3) is 11.2 Å². The first-order chi connectivity index (χ1) is 55.5. The smallest absolute Gasteiger partial charge is 0.404 e. The second-order valence-electron chi connectivity index (χ2n) is 27.0. The molecule has 1 aromatic carbocycles. The van der Waals surface area contributed by atoms with Gasteiger partial charge in [0.05, 0.1) is 54.6 Å². The number of carbonyl (C=O) groups is 16. The zero-order valence-electron chi connectivity index (χ0n) is 63.9. The van der Waals surface area contributed by atoms with Crippen molar-refractivity contribution in [2.75, 3.05) is 81.0 Å². The number of H-pyrrole nitrogens is 1. The number of carboxylic acids is 4. The molecule has 6 heterocycles. The number of aromatic nitrogens is 4. The Morgan fingerprint density at radius 1 is 0.752 bits per heavy atom. The number of ether oxygens (including phenoxy) is 2. The van der Waals surface area contributed by atoms with Gasteiger partial charge in [-0.25, -0.2) is 29.8 Å². The van der Waals surface area contributed by atoms with Crippen molar-refractivity contribution in [3.05, 3.63) is 74.6 Å². The Hall–Kier alpha value is -12.1. The van der Waals surface area contributed by atoms with Gasteiger partial charge in [0.1, 0.15) is 36.8 Å². The van der Waals surface area contributed by atoms with Gasteiger partial charge in [0.15, 0.2) is 22.8 Å². The average Bonchev–Trinajstić information content (AvgIpc) is 1.50. The van der Waals surface area contributed by atoms with Crippen LogP contribution in [0.15, 0.2) is 67.9 Å². The summed E-state index contributed by atoms with van der Waals surface area (Å²) >= 11 is 1.06. The first kappa shape index (κ1) is 92.1. The van der Waals surface area contributed by atoms with E-state index in [1.807, 2.05) is 4.90 Å². The van der Waals surface area contributed by atoms with E-state index in [1.165, 1.54) is 37.6 Å². The molecule has 8 rings (SSSR count). The standard InChI is InChI=1S/C37H48N14O14S.C32H44N8O9S2/c1-66-15-23(35(64)65)49-32(60)22(12-26(55)56)48-30(58)19(3-2-10-41-36(38)39)46-31(59)21(11-25(53)54)45-24(52)9-8-20(34(62)63)47-29(57)16-4-6-17(7-5-16)42-13-18-14-43-28-27(44-18)33(61)51-37(40)50-28;1-16-13-23(43)39(30(16)46)10-7-22(42)38-37-17(2)5-6-21(41)34-8-11-50-51-12-9-35-25-18(3)27(44)26-24(28(25)45)19(15-49-31(33)47)32(48-4)29-20(36-29)14-40(26)32/h4-7,14,19-23,42H,2-3,8-13,15H2,1H3,(H,45,52)(H,46,59)(H,47,57)(H,48,58)(H,49,60)(H,53,54)(H,55,56)(H,62,63)(H,64,65)(H4,38,39,41)(H3,40,43,50,51,61);16,19-20,29,35-36H,5-15H2,1-4H3,(H2,33,47)(H,34,41)(H,38,42)/b;37-17+/t19-,20-,21-,22-,23-;16?,19-,20+,29+,32-/m01/s1. The number of nitrogens with zero attached hydrogens (tertiary/aromatic N) is 7. The summed E-state index contributed by atoms with van der Waals surface area (Å²) in [6.45, 7) is 6.20. The SMILES string of the molecule is CO[C@@]12[C@H](COC(N)=O)C3=C(C(=O)C(C)=C(NCCSSCCNC(=O)CC/C(C)=N/NC(=O)CCN4C(=O)CC(C)C4=O)C3=O)N1C[C@@H]1N[C@@H]12.CSC[C@H](NC(=O)[C@H](CC(=O)O)NC(=O)[C@H](CCCN=C(N)N)NC(=O)[C@H](CC(=O)O)NC(=O)CC[C@H](NC(=O)c1ccc(NCc2cnc3nc(N)[nH]c(=O)c3n2)cc1)C(=O)O)C(=O)O. The Balaban J connectivity index is 0.000000333. The number of hydrogen-bond acceptors (Lipinski definition) is 32. The summed E-state index contributed by atoms with van der Waals surface area (Å²) in [7, 11) is 4.63. The number of Topliss-reactive ketones (excluding diaryl/α,β-unsaturated/α-hetero) is 2. The number of carboxylic acid groups (broad SMARTS) is 4. The van der Waals surface area contributed by atoms with Crippen molar-refractivity contribution in [1.82, 2.24) is 77.7 Å². The highest BCUT2D eigenvalue weighted by Gasteiger charge is 2.73. The van der Waals surface area contributed by atoms with Gasteiger partial charge >= 0.3 is 30.0 Å². The molecule has 10 atom stereocenters. The summed E-state index contributed by atoms with van der Waals surface area (Å²) in [6.07, 6.45) is -0.924. The molecule has 48 heteroatoms. The Morgan fingerprint density at radius 3 is 2.01 bits per heavy atom. The van der Waals surface area contributed by atoms with Crippen LogP contribution < -0.4 is 81.8 Å². The van der Waals surface area contributed by atoms with Gasteiger partial charge in [0.25, 0.3) is 11.5 Å². The second-order valence-corrected chi connectivity index (χ2v) is 30.6. The van der Waals surface area contributed by atoms with Gasteiger partial charge in [-0.15, -0.1) is 0 Å². The summed E-state index contributed by atoms with van der Waals surface area (Å²) in [5, 5.41) is 65.5. The van der Waals surface area contributed by atoms with Gasteiger partial charge < -0.3 is 106 Å². The molecule has 3 fully saturated rings. The Bertz CT molecular complexity index is 4520. The van der Waals surface area contributed by atoms with E-state index >= 15 is 0 Å². The molecule has 45 nitrogen and oxygen atoms in total. The van der Waals surface area contributed by atoms with E-state index in [0.29, 0.717) is 65.9 Å². The number of nitrogens with one attached hydrogen (secondary N) is 11. The van der Waals surface area contributed by atoms with Gasteiger partial charge in [-0.05, 0) is 70.1 Å². The summed E-state index contributed by atoms with van der Waals surface area (Å²) in [6, 6.07) is -2.71. The zero-order valence-corrected chi connectivity index (χ0v) is 66.4. The van der Waals surface area contributed by atoms with Gasteiger partial charge in [0.2, 0.25) is 64.8 Å². The number of guanidine groups is 1. The maximum Gasteiger partial charge on any atom is 0.404 e. The first-order valence-electron chi connectivity index (χ1n) is 36.3. The van der Waals surface area contributed by atoms with Crippen LogP contribution in [0.2, 0.25) is 0 Å². The number of fused-ring (bicyclic) bond motifs is 5. The normalized spacial score (nSPS) is 19.0. The monoisotopic (exact) mass is 1690 g/mol. The topological polar surface area (TPSA) is 710 Å². The van der Waals surface area contributed by atoms with E-state index in [-0.39, 0.29) is 151 Å². The predicted octanol–water partition coefficient (Wildman–Crippen LogP) is -4.20. The number of carbonyl (C=O) groups excluding carboxylic acids is 12. The molecular weight excluding hydrogens is 1600 g/mol. The van der Waals surface area contributed by atoms with Crippen LogP contribution >= 0.6 is 33.3 Å². The maximum absolute atomic E-state index is 13.9. The van der Waals surface area contributed by atoms with Crippen LogP contribution in [0, 0.1) is 11.8 Å². The lowest BCUT2D eigenvalue weighted by atomic mass is 9.82. The molecule has 23 N–H and O–H groups in total. The quantitative estimate of drug-likeness (QED) is 0.00373. The van der Waals surface area contributed by atoms with Crippen molar-refractivity contribution in [3.63, 3.8) is 0 Å². The molecule has 3 aromatic rings. The number of piperazine rings is 1. The number of amides is 10. The number of rotatable bonds is 45. The molecule has 0 bridgehead atoms. The molecule has 5 aliphatic rings. The van der Waals surface area contributed by atoms with Gasteiger partial charge in [-0.1, -0.05) is 28.5 Å². The minimum absolute atomic E-state index is 0.0128. The molecular formula is C69H92N22O23S3. The van der Waals surface area contributed by atoms with Crippen molar-refractivity contribution in [2.24, 2.45) is 39.1 Å². The number of thioether (sulfide) groups is 1. The van der Waals surface area contributed by atoms with Gasteiger partial charge in [-0.3, -0.25) is 82.0 Å². The largest absolute Gasteiger partial charge is 0.481 e. The molecule has 0 radical (unpaired) electrons. The van der Waals surface area contributed by atoms with Crippen molar-refractivity contribution < 1.29 is 107 Å². The molecule has 4 aliphatic heterocycles. The lowest BCUT2D eigenvalue weighted by Crippen LogP contribution is -2.58. The van der Waals surface area contributed by atoms with Crippen LogP contribution in [0.1, 0.15) is 101 Å². The fourth-order valence-electron chi connectivity index (χ4n) is 12.7. The fourth-order valence-corrected chi connectivity index (χ4v) is 15.1. The molecule has 10 amide bonds. The minimum Gasteiger partial charge on any atom is -0.481 e. The Kier molecular flexibility index (Phi) is 33.9. The molecule has 634 valence electrons. The van der Waals surface area contributed by atoms with Crippen LogP contribution in [-0.2, 0) is 83.1 Å². The van der Waals surface area contributed by atoms with Crippen molar-refractivity contribution in [1.29, 1.82) is 0 Å². The van der Waals surface area contributed by atoms with Crippen molar-refractivity contribution in [2.45, 2.75) is 140 Å². The number of ketones is 2. The molecule has 117 heavy (non-hydrogen) atoms.